The number of alkyl halides is 3. The van der Waals surface area contributed by atoms with Crippen molar-refractivity contribution in [3.05, 3.63) is 118 Å². The van der Waals surface area contributed by atoms with Gasteiger partial charge in [0.15, 0.2) is 0 Å². The summed E-state index contributed by atoms with van der Waals surface area (Å²) in [5.41, 5.74) is 1.29. The highest BCUT2D eigenvalue weighted by Crippen LogP contribution is 2.37. The molecule has 0 heterocycles. The SMILES string of the molecule is Cc1ccc(-c2ccc3c(c2)/c(=N\C#N)c2cc4/c(=N\C#N)c5cc(-c6ccc(C(F)(F)F)c(F)c6)ccc5c4cc23)cc1F. The number of aryl methyl sites for hydroxylation is 1. The lowest BCUT2D eigenvalue weighted by Crippen LogP contribution is -2.07. The Labute approximate surface area is 251 Å². The van der Waals surface area contributed by atoms with Crippen LogP contribution in [0.3, 0.4) is 0 Å². The van der Waals surface area contributed by atoms with E-state index in [0.717, 1.165) is 33.2 Å². The fourth-order valence-corrected chi connectivity index (χ4v) is 6.07. The Kier molecular flexibility index (Phi) is 6.24. The molecule has 0 bridgehead atoms. The van der Waals surface area contributed by atoms with E-state index in [9.17, 15) is 32.5 Å². The molecular formula is C36H17F5N4. The van der Waals surface area contributed by atoms with Gasteiger partial charge in [0.1, 0.15) is 11.6 Å². The van der Waals surface area contributed by atoms with Crippen molar-refractivity contribution in [1.29, 1.82) is 10.5 Å². The van der Waals surface area contributed by atoms with Gasteiger partial charge in [-0.3, -0.25) is 0 Å². The van der Waals surface area contributed by atoms with Gasteiger partial charge in [-0.05, 0) is 98.8 Å². The fourth-order valence-electron chi connectivity index (χ4n) is 6.07. The summed E-state index contributed by atoms with van der Waals surface area (Å²) in [5.74, 6) is -1.71. The topological polar surface area (TPSA) is 72.3 Å². The normalized spacial score (nSPS) is 12.9. The van der Waals surface area contributed by atoms with E-state index < -0.39 is 17.6 Å². The van der Waals surface area contributed by atoms with Gasteiger partial charge in [-0.25, -0.2) is 8.78 Å². The third kappa shape index (κ3) is 4.40. The van der Waals surface area contributed by atoms with Gasteiger partial charge in [-0.2, -0.15) is 33.7 Å². The van der Waals surface area contributed by atoms with Crippen molar-refractivity contribution in [3.63, 3.8) is 0 Å². The first-order valence-corrected chi connectivity index (χ1v) is 13.6. The molecule has 7 aromatic carbocycles. The number of nitrogens with zero attached hydrogens (tertiary/aromatic N) is 4. The Morgan fingerprint density at radius 2 is 0.933 bits per heavy atom. The fraction of sp³-hybridized carbons (Fsp3) is 0.0556. The minimum absolute atomic E-state index is 0.236. The zero-order valence-electron chi connectivity index (χ0n) is 23.3. The zero-order chi connectivity index (χ0) is 31.6. The number of fused-ring (bicyclic) bond motifs is 6. The van der Waals surface area contributed by atoms with Crippen LogP contribution in [0.15, 0.2) is 94.9 Å². The molecule has 7 aromatic rings. The molecule has 45 heavy (non-hydrogen) atoms. The van der Waals surface area contributed by atoms with Crippen molar-refractivity contribution in [3.8, 4) is 34.6 Å². The summed E-state index contributed by atoms with van der Waals surface area (Å²) in [6, 6.07) is 22.2. The molecule has 7 rings (SSSR count). The van der Waals surface area contributed by atoms with E-state index >= 15 is 0 Å². The molecule has 0 saturated heterocycles. The Morgan fingerprint density at radius 1 is 0.511 bits per heavy atom. The lowest BCUT2D eigenvalue weighted by molar-refractivity contribution is -0.139. The van der Waals surface area contributed by atoms with E-state index in [1.807, 2.05) is 48.8 Å². The van der Waals surface area contributed by atoms with Gasteiger partial charge in [-0.15, -0.1) is 0 Å². The summed E-state index contributed by atoms with van der Waals surface area (Å²) >= 11 is 0. The van der Waals surface area contributed by atoms with Crippen molar-refractivity contribution in [2.24, 2.45) is 9.98 Å². The summed E-state index contributed by atoms with van der Waals surface area (Å²) in [6.45, 7) is 1.69. The summed E-state index contributed by atoms with van der Waals surface area (Å²) in [6.07, 6.45) is -1.11. The van der Waals surface area contributed by atoms with E-state index in [4.69, 9.17) is 0 Å². The maximum absolute atomic E-state index is 14.4. The zero-order valence-corrected chi connectivity index (χ0v) is 23.3. The molecule has 0 radical (unpaired) electrons. The van der Waals surface area contributed by atoms with Crippen molar-refractivity contribution in [1.82, 2.24) is 0 Å². The van der Waals surface area contributed by atoms with Gasteiger partial charge >= 0.3 is 6.18 Å². The van der Waals surface area contributed by atoms with Crippen LogP contribution in [0.2, 0.25) is 0 Å². The Bertz CT molecular complexity index is 2590. The first kappa shape index (κ1) is 27.9. The highest BCUT2D eigenvalue weighted by atomic mass is 19.4. The number of hydrogen-bond acceptors (Lipinski definition) is 4. The van der Waals surface area contributed by atoms with Gasteiger partial charge in [0.25, 0.3) is 0 Å². The smallest absolute Gasteiger partial charge is 0.207 e. The van der Waals surface area contributed by atoms with Crippen LogP contribution in [-0.2, 0) is 6.18 Å². The van der Waals surface area contributed by atoms with Crippen molar-refractivity contribution in [2.75, 3.05) is 0 Å². The highest BCUT2D eigenvalue weighted by molar-refractivity contribution is 6.21. The predicted molar refractivity (Wildman–Crippen MR) is 162 cm³/mol. The van der Waals surface area contributed by atoms with Gasteiger partial charge in [-0.1, -0.05) is 42.5 Å². The van der Waals surface area contributed by atoms with Crippen molar-refractivity contribution >= 4 is 43.1 Å². The first-order valence-electron chi connectivity index (χ1n) is 13.6. The molecule has 0 aliphatic rings. The van der Waals surface area contributed by atoms with Crippen LogP contribution in [0, 0.1) is 41.5 Å². The van der Waals surface area contributed by atoms with Gasteiger partial charge in [0, 0.05) is 21.5 Å². The van der Waals surface area contributed by atoms with Crippen molar-refractivity contribution < 1.29 is 22.0 Å². The molecule has 0 aliphatic carbocycles. The van der Waals surface area contributed by atoms with Crippen LogP contribution in [-0.4, -0.2) is 0 Å². The number of benzene rings is 5. The summed E-state index contributed by atoms with van der Waals surface area (Å²) in [7, 11) is 0. The second-order valence-electron chi connectivity index (χ2n) is 10.7. The predicted octanol–water partition coefficient (Wildman–Crippen LogP) is 8.88. The average Bonchev–Trinajstić information content (AvgIpc) is 3.48. The van der Waals surface area contributed by atoms with E-state index in [1.165, 1.54) is 12.1 Å². The molecule has 0 unspecified atom stereocenters. The number of halogens is 5. The summed E-state index contributed by atoms with van der Waals surface area (Å²) in [5, 5.41) is 25.6. The molecule has 9 heteroatoms. The van der Waals surface area contributed by atoms with Crippen LogP contribution in [0.1, 0.15) is 11.1 Å². The lowest BCUT2D eigenvalue weighted by Gasteiger charge is -2.09. The molecule has 0 atom stereocenters. The molecule has 0 aromatic heterocycles. The minimum atomic E-state index is -4.82. The monoisotopic (exact) mass is 600 g/mol. The molecule has 0 aliphatic heterocycles. The van der Waals surface area contributed by atoms with Crippen LogP contribution >= 0.6 is 0 Å². The molecule has 0 N–H and O–H groups in total. The van der Waals surface area contributed by atoms with Gasteiger partial charge in [0.05, 0.1) is 16.3 Å². The Balaban J connectivity index is 1.48. The molecule has 0 spiro atoms. The Morgan fingerprint density at radius 3 is 1.40 bits per heavy atom. The molecule has 216 valence electrons. The van der Waals surface area contributed by atoms with Crippen LogP contribution in [0.4, 0.5) is 22.0 Å². The van der Waals surface area contributed by atoms with E-state index in [0.29, 0.717) is 55.0 Å². The summed E-state index contributed by atoms with van der Waals surface area (Å²) < 4.78 is 68.1. The maximum atomic E-state index is 14.4. The summed E-state index contributed by atoms with van der Waals surface area (Å²) in [4.78, 5) is 8.21. The highest BCUT2D eigenvalue weighted by Gasteiger charge is 2.34. The second-order valence-corrected chi connectivity index (χ2v) is 10.7. The molecule has 4 nitrogen and oxygen atoms in total. The van der Waals surface area contributed by atoms with Crippen LogP contribution < -0.4 is 10.7 Å². The lowest BCUT2D eigenvalue weighted by atomic mass is 10.0. The van der Waals surface area contributed by atoms with E-state index in [-0.39, 0.29) is 11.4 Å². The van der Waals surface area contributed by atoms with Gasteiger partial charge < -0.3 is 0 Å². The van der Waals surface area contributed by atoms with Crippen molar-refractivity contribution in [2.45, 2.75) is 13.1 Å². The quantitative estimate of drug-likeness (QED) is 0.147. The average molecular weight is 601 g/mol. The Hall–Kier alpha value is -5.93. The van der Waals surface area contributed by atoms with E-state index in [2.05, 4.69) is 9.98 Å². The molecule has 0 amide bonds. The molecule has 0 saturated carbocycles. The largest absolute Gasteiger partial charge is 0.419 e. The van der Waals surface area contributed by atoms with Crippen LogP contribution in [0.5, 0.6) is 0 Å². The third-order valence-electron chi connectivity index (χ3n) is 8.23. The second kappa shape index (κ2) is 10.1. The first-order chi connectivity index (χ1) is 21.6. The standard InChI is InChI=1S/C36H17F5N4/c1-18-2-3-21(12-32(18)37)19-4-7-23-25-14-26-24-8-5-20(22-6-9-31(33(38)13-22)36(39,40)41)11-28(24)35(45-17-43)30(26)15-29(25)34(44-16-42)27(23)10-19/h2-15H,1H3/b44-34+,45-35-. The number of rotatable bonds is 2. The number of hydrogen-bond donors (Lipinski definition) is 0. The van der Waals surface area contributed by atoms with Crippen LogP contribution in [0.25, 0.3) is 65.3 Å². The van der Waals surface area contributed by atoms with Gasteiger partial charge in [0.2, 0.25) is 12.4 Å². The molecular weight excluding hydrogens is 583 g/mol. The maximum Gasteiger partial charge on any atom is 0.419 e. The number of nitriles is 2. The minimum Gasteiger partial charge on any atom is -0.207 e. The molecule has 0 fully saturated rings. The van der Waals surface area contributed by atoms with E-state index in [1.54, 1.807) is 31.2 Å². The third-order valence-corrected chi connectivity index (χ3v) is 8.23.